The molecule has 6 heteroatoms. The molecule has 2 aromatic carbocycles. The number of piperazine rings is 1. The molecular weight excluding hydrogens is 446 g/mol. The third-order valence-electron chi connectivity index (χ3n) is 7.83. The Balaban J connectivity index is 1.51. The zero-order valence-corrected chi connectivity index (χ0v) is 21.1. The van der Waals surface area contributed by atoms with Crippen LogP contribution in [0.15, 0.2) is 60.7 Å². The molecule has 184 valence electrons. The summed E-state index contributed by atoms with van der Waals surface area (Å²) in [5.41, 5.74) is 8.13. The summed E-state index contributed by atoms with van der Waals surface area (Å²) in [5, 5.41) is 4.47. The van der Waals surface area contributed by atoms with Gasteiger partial charge in [0.1, 0.15) is 5.69 Å². The summed E-state index contributed by atoms with van der Waals surface area (Å²) in [6.45, 7) is 9.93. The third-order valence-corrected chi connectivity index (χ3v) is 7.83. The topological polar surface area (TPSA) is 53.4 Å². The van der Waals surface area contributed by atoms with Gasteiger partial charge in [-0.15, -0.1) is 0 Å². The molecule has 1 amide bonds. The average molecular weight is 480 g/mol. The van der Waals surface area contributed by atoms with E-state index in [0.29, 0.717) is 5.69 Å². The van der Waals surface area contributed by atoms with E-state index in [1.165, 1.54) is 27.9 Å². The summed E-state index contributed by atoms with van der Waals surface area (Å²) in [6, 6.07) is 21.3. The molecule has 4 heterocycles. The van der Waals surface area contributed by atoms with Crippen LogP contribution in [0.25, 0.3) is 10.9 Å². The van der Waals surface area contributed by atoms with Crippen molar-refractivity contribution < 1.29 is 4.79 Å². The van der Waals surface area contributed by atoms with Crippen molar-refractivity contribution in [2.24, 2.45) is 0 Å². The fraction of sp³-hybridized carbons (Fsp3) is 0.333. The first-order valence-corrected chi connectivity index (χ1v) is 13.0. The van der Waals surface area contributed by atoms with Crippen molar-refractivity contribution in [2.45, 2.75) is 33.4 Å². The van der Waals surface area contributed by atoms with Crippen LogP contribution in [0.5, 0.6) is 0 Å². The molecule has 2 aliphatic heterocycles. The van der Waals surface area contributed by atoms with Gasteiger partial charge in [-0.3, -0.25) is 4.79 Å². The van der Waals surface area contributed by atoms with Crippen molar-refractivity contribution >= 4 is 22.6 Å². The molecule has 0 saturated carbocycles. The van der Waals surface area contributed by atoms with Crippen LogP contribution >= 0.6 is 0 Å². The molecule has 6 rings (SSSR count). The fourth-order valence-electron chi connectivity index (χ4n) is 5.64. The number of pyridine rings is 1. The smallest absolute Gasteiger partial charge is 0.272 e. The highest BCUT2D eigenvalue weighted by atomic mass is 16.2. The molecule has 2 aromatic heterocycles. The third kappa shape index (κ3) is 4.05. The summed E-state index contributed by atoms with van der Waals surface area (Å²) >= 11 is 0. The van der Waals surface area contributed by atoms with Crippen LogP contribution in [-0.4, -0.2) is 53.1 Å². The lowest BCUT2D eigenvalue weighted by atomic mass is 10.00. The number of benzene rings is 2. The number of hydrogen-bond donors (Lipinski definition) is 1. The number of carbonyl (C=O) groups is 1. The molecule has 0 aliphatic carbocycles. The molecule has 1 fully saturated rings. The van der Waals surface area contributed by atoms with Gasteiger partial charge in [0.05, 0.1) is 5.52 Å². The number of nitrogens with one attached hydrogen (secondary N) is 1. The van der Waals surface area contributed by atoms with E-state index < -0.39 is 0 Å². The molecule has 0 radical (unpaired) electrons. The maximum Gasteiger partial charge on any atom is 0.272 e. The van der Waals surface area contributed by atoms with Crippen LogP contribution < -0.4 is 10.2 Å². The predicted octanol–water partition coefficient (Wildman–Crippen LogP) is 4.31. The largest absolute Gasteiger partial charge is 0.350 e. The standard InChI is InChI=1S/C30H33N5O/c1-21-22(2)35(19-23-8-4-3-5-9-23)28-26(21)18-27(30(36)33-16-13-31-14-17-33)32-29(28)34-15-12-24-10-6-7-11-25(24)20-34/h3-11,18,31H,12-17,19-20H2,1-2H3. The summed E-state index contributed by atoms with van der Waals surface area (Å²) in [5.74, 6) is 0.956. The number of aryl methyl sites for hydroxylation is 1. The van der Waals surface area contributed by atoms with Crippen LogP contribution in [0.2, 0.25) is 0 Å². The summed E-state index contributed by atoms with van der Waals surface area (Å²) < 4.78 is 2.39. The second-order valence-electron chi connectivity index (χ2n) is 9.99. The average Bonchev–Trinajstić information content (AvgIpc) is 3.17. The minimum atomic E-state index is 0.0323. The van der Waals surface area contributed by atoms with Gasteiger partial charge < -0.3 is 19.7 Å². The molecule has 36 heavy (non-hydrogen) atoms. The molecule has 2 aliphatic rings. The van der Waals surface area contributed by atoms with Gasteiger partial charge in [0.15, 0.2) is 5.82 Å². The van der Waals surface area contributed by atoms with Crippen LogP contribution in [0.1, 0.15) is 38.4 Å². The molecule has 0 bridgehead atoms. The van der Waals surface area contributed by atoms with Crippen LogP contribution in [0.4, 0.5) is 5.82 Å². The van der Waals surface area contributed by atoms with Crippen molar-refractivity contribution in [2.75, 3.05) is 37.6 Å². The van der Waals surface area contributed by atoms with E-state index in [4.69, 9.17) is 4.98 Å². The molecule has 6 nitrogen and oxygen atoms in total. The Hall–Kier alpha value is -3.64. The Morgan fingerprint density at radius 1 is 0.944 bits per heavy atom. The van der Waals surface area contributed by atoms with Gasteiger partial charge in [0.25, 0.3) is 5.91 Å². The van der Waals surface area contributed by atoms with Crippen LogP contribution in [0, 0.1) is 13.8 Å². The first-order chi connectivity index (χ1) is 17.6. The predicted molar refractivity (Wildman–Crippen MR) is 145 cm³/mol. The van der Waals surface area contributed by atoms with Gasteiger partial charge in [0.2, 0.25) is 0 Å². The van der Waals surface area contributed by atoms with Gasteiger partial charge in [-0.25, -0.2) is 4.98 Å². The number of carbonyl (C=O) groups excluding carboxylic acids is 1. The number of hydrogen-bond acceptors (Lipinski definition) is 4. The number of amides is 1. The lowest BCUT2D eigenvalue weighted by Gasteiger charge is -2.32. The number of aromatic nitrogens is 2. The Kier molecular flexibility index (Phi) is 5.97. The van der Waals surface area contributed by atoms with Crippen LogP contribution in [-0.2, 0) is 19.5 Å². The quantitative estimate of drug-likeness (QED) is 0.474. The van der Waals surface area contributed by atoms with E-state index in [1.807, 2.05) is 11.0 Å². The molecule has 0 atom stereocenters. The summed E-state index contributed by atoms with van der Waals surface area (Å²) in [4.78, 5) is 23.0. The van der Waals surface area contributed by atoms with E-state index in [-0.39, 0.29) is 5.91 Å². The molecule has 0 unspecified atom stereocenters. The van der Waals surface area contributed by atoms with Gasteiger partial charge in [-0.05, 0) is 48.6 Å². The van der Waals surface area contributed by atoms with Gasteiger partial charge in [-0.2, -0.15) is 0 Å². The first-order valence-electron chi connectivity index (χ1n) is 13.0. The number of fused-ring (bicyclic) bond motifs is 2. The van der Waals surface area contributed by atoms with E-state index in [9.17, 15) is 4.79 Å². The number of nitrogens with zero attached hydrogens (tertiary/aromatic N) is 4. The summed E-state index contributed by atoms with van der Waals surface area (Å²) in [7, 11) is 0. The van der Waals surface area contributed by atoms with Crippen molar-refractivity contribution in [3.05, 3.63) is 94.3 Å². The van der Waals surface area contributed by atoms with Crippen molar-refractivity contribution in [1.82, 2.24) is 19.8 Å². The zero-order chi connectivity index (χ0) is 24.6. The maximum atomic E-state index is 13.6. The van der Waals surface area contributed by atoms with Gasteiger partial charge in [0, 0.05) is 56.9 Å². The molecule has 1 saturated heterocycles. The first kappa shape index (κ1) is 22.8. The fourth-order valence-corrected chi connectivity index (χ4v) is 5.64. The lowest BCUT2D eigenvalue weighted by molar-refractivity contribution is 0.0730. The highest BCUT2D eigenvalue weighted by Crippen LogP contribution is 2.35. The highest BCUT2D eigenvalue weighted by molar-refractivity contribution is 6.01. The van der Waals surface area contributed by atoms with Crippen molar-refractivity contribution in [3.63, 3.8) is 0 Å². The minimum absolute atomic E-state index is 0.0323. The minimum Gasteiger partial charge on any atom is -0.350 e. The lowest BCUT2D eigenvalue weighted by Crippen LogP contribution is -2.46. The summed E-state index contributed by atoms with van der Waals surface area (Å²) in [6.07, 6.45) is 0.979. The molecule has 1 N–H and O–H groups in total. The number of rotatable bonds is 4. The second kappa shape index (κ2) is 9.43. The second-order valence-corrected chi connectivity index (χ2v) is 9.99. The molecule has 4 aromatic rings. The monoisotopic (exact) mass is 479 g/mol. The maximum absolute atomic E-state index is 13.6. The van der Waals surface area contributed by atoms with Crippen molar-refractivity contribution in [3.8, 4) is 0 Å². The van der Waals surface area contributed by atoms with E-state index >= 15 is 0 Å². The Bertz CT molecular complexity index is 1420. The number of anilines is 1. The van der Waals surface area contributed by atoms with Crippen molar-refractivity contribution in [1.29, 1.82) is 0 Å². The molecule has 0 spiro atoms. The van der Waals surface area contributed by atoms with Gasteiger partial charge in [-0.1, -0.05) is 54.6 Å². The van der Waals surface area contributed by atoms with Gasteiger partial charge >= 0.3 is 0 Å². The van der Waals surface area contributed by atoms with Crippen LogP contribution in [0.3, 0.4) is 0 Å². The molecular formula is C30H33N5O. The SMILES string of the molecule is Cc1c(C)n(Cc2ccccc2)c2c(N3CCc4ccccc4C3)nc(C(=O)N3CCNCC3)cc12. The van der Waals surface area contributed by atoms with E-state index in [1.54, 1.807) is 0 Å². The Labute approximate surface area is 212 Å². The zero-order valence-electron chi connectivity index (χ0n) is 21.1. The van der Waals surface area contributed by atoms with E-state index in [2.05, 4.69) is 83.2 Å². The normalized spacial score (nSPS) is 15.8. The van der Waals surface area contributed by atoms with E-state index in [0.717, 1.165) is 69.0 Å². The Morgan fingerprint density at radius 2 is 1.67 bits per heavy atom. The highest BCUT2D eigenvalue weighted by Gasteiger charge is 2.27. The Morgan fingerprint density at radius 3 is 2.44 bits per heavy atom.